The van der Waals surface area contributed by atoms with Crippen molar-refractivity contribution < 1.29 is 14.7 Å². The van der Waals surface area contributed by atoms with Crippen molar-refractivity contribution in [1.29, 1.82) is 0 Å². The molecule has 1 fully saturated rings. The van der Waals surface area contributed by atoms with Crippen LogP contribution < -0.4 is 0 Å². The Morgan fingerprint density at radius 3 is 2.44 bits per heavy atom. The second-order valence-electron chi connectivity index (χ2n) is 4.30. The topological polar surface area (TPSA) is 60.9 Å². The third-order valence-electron chi connectivity index (χ3n) is 3.12. The lowest BCUT2D eigenvalue weighted by Gasteiger charge is -2.25. The van der Waals surface area contributed by atoms with Crippen LogP contribution in [0.1, 0.15) is 26.2 Å². The van der Waals surface area contributed by atoms with Crippen LogP contribution in [0.25, 0.3) is 0 Å². The molecule has 1 unspecified atom stereocenters. The van der Waals surface area contributed by atoms with E-state index in [4.69, 9.17) is 5.11 Å². The minimum atomic E-state index is -0.501. The summed E-state index contributed by atoms with van der Waals surface area (Å²) < 4.78 is 0. The van der Waals surface area contributed by atoms with Gasteiger partial charge in [-0.15, -0.1) is 0 Å². The molecule has 1 aliphatic heterocycles. The van der Waals surface area contributed by atoms with Gasteiger partial charge in [-0.2, -0.15) is 0 Å². The number of aliphatic hydroxyl groups excluding tert-OH is 1. The molecule has 1 N–H and O–H groups in total. The van der Waals surface area contributed by atoms with E-state index in [0.29, 0.717) is 6.42 Å². The molecule has 92 valence electrons. The van der Waals surface area contributed by atoms with E-state index in [9.17, 15) is 9.59 Å². The first-order valence-corrected chi connectivity index (χ1v) is 5.70. The van der Waals surface area contributed by atoms with E-state index in [1.807, 2.05) is 11.8 Å². The molecule has 0 spiro atoms. The van der Waals surface area contributed by atoms with Crippen LogP contribution >= 0.6 is 0 Å². The van der Waals surface area contributed by atoms with Crippen molar-refractivity contribution >= 4 is 11.8 Å². The van der Waals surface area contributed by atoms with Gasteiger partial charge >= 0.3 is 0 Å². The van der Waals surface area contributed by atoms with Gasteiger partial charge in [-0.25, -0.2) is 0 Å². The standard InChI is InChI=1S/C11H20N2O3/c1-9(12(2)11(16)8-14)7-10(15)13-5-3-4-6-13/h9,14H,3-8H2,1-2H3. The van der Waals surface area contributed by atoms with Gasteiger partial charge in [0.2, 0.25) is 11.8 Å². The van der Waals surface area contributed by atoms with Crippen molar-refractivity contribution in [2.24, 2.45) is 0 Å². The van der Waals surface area contributed by atoms with Gasteiger partial charge in [-0.1, -0.05) is 0 Å². The van der Waals surface area contributed by atoms with Crippen LogP contribution in [0.4, 0.5) is 0 Å². The molecule has 0 aromatic carbocycles. The highest BCUT2D eigenvalue weighted by molar-refractivity contribution is 5.80. The molecule has 0 radical (unpaired) electrons. The normalized spacial score (nSPS) is 17.3. The lowest BCUT2D eigenvalue weighted by molar-refractivity contribution is -0.137. The van der Waals surface area contributed by atoms with Gasteiger partial charge in [0.25, 0.3) is 0 Å². The maximum absolute atomic E-state index is 11.8. The molecule has 0 aromatic rings. The average molecular weight is 228 g/mol. The maximum Gasteiger partial charge on any atom is 0.248 e. The third-order valence-corrected chi connectivity index (χ3v) is 3.12. The number of carbonyl (C=O) groups excluding carboxylic acids is 2. The summed E-state index contributed by atoms with van der Waals surface area (Å²) >= 11 is 0. The second-order valence-corrected chi connectivity index (χ2v) is 4.30. The van der Waals surface area contributed by atoms with Crippen LogP contribution in [-0.4, -0.2) is 59.5 Å². The summed E-state index contributed by atoms with van der Waals surface area (Å²) in [4.78, 5) is 26.3. The third kappa shape index (κ3) is 3.20. The number of likely N-dealkylation sites (tertiary alicyclic amines) is 1. The van der Waals surface area contributed by atoms with Crippen LogP contribution in [0.15, 0.2) is 0 Å². The number of hydrogen-bond acceptors (Lipinski definition) is 3. The predicted octanol–water partition coefficient (Wildman–Crippen LogP) is -0.162. The van der Waals surface area contributed by atoms with E-state index >= 15 is 0 Å². The summed E-state index contributed by atoms with van der Waals surface area (Å²) in [5.74, 6) is -0.246. The minimum absolute atomic E-state index is 0.0996. The highest BCUT2D eigenvalue weighted by atomic mass is 16.3. The first-order chi connectivity index (χ1) is 7.56. The summed E-state index contributed by atoms with van der Waals surface area (Å²) in [5.41, 5.74) is 0. The number of hydrogen-bond donors (Lipinski definition) is 1. The summed E-state index contributed by atoms with van der Waals surface area (Å²) in [6.45, 7) is 2.99. The largest absolute Gasteiger partial charge is 0.387 e. The molecule has 1 rings (SSSR count). The number of rotatable bonds is 4. The molecule has 16 heavy (non-hydrogen) atoms. The van der Waals surface area contributed by atoms with Gasteiger partial charge in [-0.05, 0) is 19.8 Å². The highest BCUT2D eigenvalue weighted by Gasteiger charge is 2.23. The molecule has 2 amide bonds. The first kappa shape index (κ1) is 13.0. The Morgan fingerprint density at radius 2 is 1.94 bits per heavy atom. The molecule has 1 atom stereocenters. The quantitative estimate of drug-likeness (QED) is 0.727. The lowest BCUT2D eigenvalue weighted by atomic mass is 10.2. The zero-order valence-electron chi connectivity index (χ0n) is 9.98. The van der Waals surface area contributed by atoms with Crippen molar-refractivity contribution in [2.75, 3.05) is 26.7 Å². The molecule has 0 bridgehead atoms. The molecular weight excluding hydrogens is 208 g/mol. The molecule has 1 heterocycles. The molecule has 1 aliphatic rings. The fourth-order valence-corrected chi connectivity index (χ4v) is 1.84. The smallest absolute Gasteiger partial charge is 0.248 e. The minimum Gasteiger partial charge on any atom is -0.387 e. The molecule has 5 heteroatoms. The van der Waals surface area contributed by atoms with Crippen LogP contribution in [0.3, 0.4) is 0 Å². The lowest BCUT2D eigenvalue weighted by Crippen LogP contribution is -2.40. The van der Waals surface area contributed by atoms with Gasteiger partial charge in [0.05, 0.1) is 0 Å². The van der Waals surface area contributed by atoms with E-state index in [2.05, 4.69) is 0 Å². The zero-order valence-corrected chi connectivity index (χ0v) is 9.98. The van der Waals surface area contributed by atoms with Gasteiger partial charge in [0.15, 0.2) is 0 Å². The molecule has 5 nitrogen and oxygen atoms in total. The number of likely N-dealkylation sites (N-methyl/N-ethyl adjacent to an activating group) is 1. The molecule has 0 aliphatic carbocycles. The fraction of sp³-hybridized carbons (Fsp3) is 0.818. The first-order valence-electron chi connectivity index (χ1n) is 5.70. The Hall–Kier alpha value is -1.10. The van der Waals surface area contributed by atoms with E-state index < -0.39 is 6.61 Å². The average Bonchev–Trinajstić information content (AvgIpc) is 2.80. The second kappa shape index (κ2) is 5.84. The molecule has 1 saturated heterocycles. The van der Waals surface area contributed by atoms with Gasteiger partial charge in [0, 0.05) is 32.6 Å². The van der Waals surface area contributed by atoms with Crippen LogP contribution in [0.2, 0.25) is 0 Å². The summed E-state index contributed by atoms with van der Waals surface area (Å²) in [5, 5.41) is 8.71. The number of amides is 2. The number of aliphatic hydroxyl groups is 1. The summed E-state index contributed by atoms with van der Waals surface area (Å²) in [7, 11) is 1.61. The Kier molecular flexibility index (Phi) is 4.73. The van der Waals surface area contributed by atoms with Crippen LogP contribution in [0.5, 0.6) is 0 Å². The molecule has 0 saturated carbocycles. The van der Waals surface area contributed by atoms with E-state index in [1.165, 1.54) is 4.90 Å². The van der Waals surface area contributed by atoms with Gasteiger partial charge in [0.1, 0.15) is 6.61 Å². The monoisotopic (exact) mass is 228 g/mol. The summed E-state index contributed by atoms with van der Waals surface area (Å²) in [6.07, 6.45) is 2.49. The Balaban J connectivity index is 2.40. The van der Waals surface area contributed by atoms with Crippen molar-refractivity contribution in [3.8, 4) is 0 Å². The van der Waals surface area contributed by atoms with Crippen molar-refractivity contribution in [3.05, 3.63) is 0 Å². The predicted molar refractivity (Wildman–Crippen MR) is 59.7 cm³/mol. The van der Waals surface area contributed by atoms with E-state index in [-0.39, 0.29) is 17.9 Å². The van der Waals surface area contributed by atoms with Gasteiger partial charge in [-0.3, -0.25) is 9.59 Å². The van der Waals surface area contributed by atoms with Crippen LogP contribution in [-0.2, 0) is 9.59 Å². The summed E-state index contributed by atoms with van der Waals surface area (Å²) in [6, 6.07) is -0.159. The molecular formula is C11H20N2O3. The van der Waals surface area contributed by atoms with Crippen molar-refractivity contribution in [2.45, 2.75) is 32.2 Å². The van der Waals surface area contributed by atoms with E-state index in [0.717, 1.165) is 25.9 Å². The fourth-order valence-electron chi connectivity index (χ4n) is 1.84. The highest BCUT2D eigenvalue weighted by Crippen LogP contribution is 2.11. The zero-order chi connectivity index (χ0) is 12.1. The maximum atomic E-state index is 11.8. The Morgan fingerprint density at radius 1 is 1.38 bits per heavy atom. The molecule has 0 aromatic heterocycles. The van der Waals surface area contributed by atoms with Crippen molar-refractivity contribution in [1.82, 2.24) is 9.80 Å². The Labute approximate surface area is 96.0 Å². The van der Waals surface area contributed by atoms with E-state index in [1.54, 1.807) is 7.05 Å². The van der Waals surface area contributed by atoms with Crippen LogP contribution in [0, 0.1) is 0 Å². The van der Waals surface area contributed by atoms with Gasteiger partial charge < -0.3 is 14.9 Å². The SMILES string of the molecule is CC(CC(=O)N1CCCC1)N(C)C(=O)CO. The van der Waals surface area contributed by atoms with Crippen molar-refractivity contribution in [3.63, 3.8) is 0 Å². The number of nitrogens with zero attached hydrogens (tertiary/aromatic N) is 2. The Bertz CT molecular complexity index is 262. The number of carbonyl (C=O) groups is 2.